The van der Waals surface area contributed by atoms with E-state index in [1.54, 1.807) is 31.4 Å². The number of rotatable bonds is 4. The van der Waals surface area contributed by atoms with Crippen molar-refractivity contribution in [2.75, 3.05) is 24.8 Å². The summed E-state index contributed by atoms with van der Waals surface area (Å²) in [7, 11) is 3.38. The SMILES string of the molecule is CNc1cccc(C(=O)Nc2cc(Br)ccc2OC)c1. The molecule has 0 saturated heterocycles. The van der Waals surface area contributed by atoms with Crippen molar-refractivity contribution < 1.29 is 9.53 Å². The maximum absolute atomic E-state index is 12.3. The van der Waals surface area contributed by atoms with Crippen LogP contribution in [0.25, 0.3) is 0 Å². The average Bonchev–Trinajstić information content (AvgIpc) is 2.47. The summed E-state index contributed by atoms with van der Waals surface area (Å²) in [4.78, 5) is 12.3. The van der Waals surface area contributed by atoms with Gasteiger partial charge in [-0.3, -0.25) is 4.79 Å². The molecule has 20 heavy (non-hydrogen) atoms. The van der Waals surface area contributed by atoms with Gasteiger partial charge in [-0.15, -0.1) is 0 Å². The molecule has 0 saturated carbocycles. The topological polar surface area (TPSA) is 50.4 Å². The number of methoxy groups -OCH3 is 1. The van der Waals surface area contributed by atoms with Crippen LogP contribution in [0.4, 0.5) is 11.4 Å². The van der Waals surface area contributed by atoms with E-state index < -0.39 is 0 Å². The number of hydrogen-bond donors (Lipinski definition) is 2. The molecular weight excluding hydrogens is 320 g/mol. The number of amides is 1. The van der Waals surface area contributed by atoms with E-state index in [1.165, 1.54) is 0 Å². The van der Waals surface area contributed by atoms with Gasteiger partial charge in [0.2, 0.25) is 0 Å². The van der Waals surface area contributed by atoms with Gasteiger partial charge in [-0.1, -0.05) is 22.0 Å². The van der Waals surface area contributed by atoms with Gasteiger partial charge in [-0.25, -0.2) is 0 Å². The Kier molecular flexibility index (Phi) is 4.63. The zero-order valence-corrected chi connectivity index (χ0v) is 12.8. The second-order valence-corrected chi connectivity index (χ2v) is 5.05. The fraction of sp³-hybridized carbons (Fsp3) is 0.133. The van der Waals surface area contributed by atoms with Crippen LogP contribution in [0, 0.1) is 0 Å². The van der Waals surface area contributed by atoms with Gasteiger partial charge in [0, 0.05) is 22.8 Å². The first-order valence-electron chi connectivity index (χ1n) is 6.06. The number of halogens is 1. The predicted octanol–water partition coefficient (Wildman–Crippen LogP) is 3.75. The second kappa shape index (κ2) is 6.43. The van der Waals surface area contributed by atoms with Crippen molar-refractivity contribution in [1.29, 1.82) is 0 Å². The van der Waals surface area contributed by atoms with Gasteiger partial charge < -0.3 is 15.4 Å². The molecule has 0 heterocycles. The highest BCUT2D eigenvalue weighted by molar-refractivity contribution is 9.10. The van der Waals surface area contributed by atoms with Gasteiger partial charge in [0.25, 0.3) is 5.91 Å². The van der Waals surface area contributed by atoms with E-state index >= 15 is 0 Å². The molecule has 104 valence electrons. The van der Waals surface area contributed by atoms with Crippen molar-refractivity contribution >= 4 is 33.2 Å². The van der Waals surface area contributed by atoms with Crippen molar-refractivity contribution in [1.82, 2.24) is 0 Å². The number of benzene rings is 2. The minimum Gasteiger partial charge on any atom is -0.495 e. The zero-order chi connectivity index (χ0) is 14.5. The Labute approximate surface area is 126 Å². The molecular formula is C15H15BrN2O2. The molecule has 1 amide bonds. The van der Waals surface area contributed by atoms with Crippen molar-refractivity contribution in [2.45, 2.75) is 0 Å². The van der Waals surface area contributed by atoms with Crippen LogP contribution in [-0.2, 0) is 0 Å². The molecule has 2 aromatic rings. The number of anilines is 2. The Morgan fingerprint density at radius 2 is 2.00 bits per heavy atom. The van der Waals surface area contributed by atoms with Crippen molar-refractivity contribution in [3.63, 3.8) is 0 Å². The van der Waals surface area contributed by atoms with E-state index in [2.05, 4.69) is 26.6 Å². The van der Waals surface area contributed by atoms with Crippen LogP contribution in [0.1, 0.15) is 10.4 Å². The van der Waals surface area contributed by atoms with Gasteiger partial charge in [-0.05, 0) is 36.4 Å². The lowest BCUT2D eigenvalue weighted by molar-refractivity contribution is 0.102. The van der Waals surface area contributed by atoms with Crippen LogP contribution in [-0.4, -0.2) is 20.1 Å². The molecule has 2 N–H and O–H groups in total. The highest BCUT2D eigenvalue weighted by atomic mass is 79.9. The molecule has 0 fully saturated rings. The smallest absolute Gasteiger partial charge is 0.255 e. The molecule has 0 aliphatic carbocycles. The van der Waals surface area contributed by atoms with Crippen molar-refractivity contribution in [2.24, 2.45) is 0 Å². The van der Waals surface area contributed by atoms with Crippen molar-refractivity contribution in [3.8, 4) is 5.75 Å². The maximum Gasteiger partial charge on any atom is 0.255 e. The Morgan fingerprint density at radius 1 is 1.20 bits per heavy atom. The number of hydrogen-bond acceptors (Lipinski definition) is 3. The van der Waals surface area contributed by atoms with Crippen LogP contribution in [0.2, 0.25) is 0 Å². The number of ether oxygens (including phenoxy) is 1. The Hall–Kier alpha value is -2.01. The van der Waals surface area contributed by atoms with E-state index in [0.29, 0.717) is 17.0 Å². The van der Waals surface area contributed by atoms with Crippen molar-refractivity contribution in [3.05, 3.63) is 52.5 Å². The average molecular weight is 335 g/mol. The van der Waals surface area contributed by atoms with Gasteiger partial charge in [0.15, 0.2) is 0 Å². The van der Waals surface area contributed by atoms with Crippen LogP contribution in [0.5, 0.6) is 5.75 Å². The quantitative estimate of drug-likeness (QED) is 0.895. The summed E-state index contributed by atoms with van der Waals surface area (Å²) in [6.45, 7) is 0. The van der Waals surface area contributed by atoms with Gasteiger partial charge in [0.1, 0.15) is 5.75 Å². The highest BCUT2D eigenvalue weighted by Crippen LogP contribution is 2.28. The Balaban J connectivity index is 2.25. The minimum absolute atomic E-state index is 0.182. The van der Waals surface area contributed by atoms with E-state index in [4.69, 9.17) is 4.74 Å². The molecule has 4 nitrogen and oxygen atoms in total. The molecule has 0 bridgehead atoms. The molecule has 0 radical (unpaired) electrons. The fourth-order valence-electron chi connectivity index (χ4n) is 1.79. The number of carbonyl (C=O) groups is 1. The standard InChI is InChI=1S/C15H15BrN2O2/c1-17-12-5-3-4-10(8-12)15(19)18-13-9-11(16)6-7-14(13)20-2/h3-9,17H,1-2H3,(H,18,19). The second-order valence-electron chi connectivity index (χ2n) is 4.13. The molecule has 0 spiro atoms. The summed E-state index contributed by atoms with van der Waals surface area (Å²) in [5.41, 5.74) is 2.10. The first-order valence-corrected chi connectivity index (χ1v) is 6.86. The number of carbonyl (C=O) groups excluding carboxylic acids is 1. The van der Waals surface area contributed by atoms with Gasteiger partial charge in [-0.2, -0.15) is 0 Å². The lowest BCUT2D eigenvalue weighted by atomic mass is 10.2. The third-order valence-corrected chi connectivity index (χ3v) is 3.32. The number of nitrogens with one attached hydrogen (secondary N) is 2. The molecule has 0 aliphatic heterocycles. The summed E-state index contributed by atoms with van der Waals surface area (Å²) in [6, 6.07) is 12.7. The first-order chi connectivity index (χ1) is 9.63. The lowest BCUT2D eigenvalue weighted by Crippen LogP contribution is -2.12. The third kappa shape index (κ3) is 3.30. The third-order valence-electron chi connectivity index (χ3n) is 2.82. The fourth-order valence-corrected chi connectivity index (χ4v) is 2.15. The summed E-state index contributed by atoms with van der Waals surface area (Å²) in [5.74, 6) is 0.435. The molecule has 0 atom stereocenters. The van der Waals surface area contributed by atoms with Crippen LogP contribution in [0.15, 0.2) is 46.9 Å². The molecule has 0 aromatic heterocycles. The summed E-state index contributed by atoms with van der Waals surface area (Å²) < 4.78 is 6.11. The molecule has 5 heteroatoms. The molecule has 2 rings (SSSR count). The van der Waals surface area contributed by atoms with Crippen LogP contribution in [0.3, 0.4) is 0 Å². The van der Waals surface area contributed by atoms with Gasteiger partial charge in [0.05, 0.1) is 12.8 Å². The Morgan fingerprint density at radius 3 is 2.70 bits per heavy atom. The Bertz CT molecular complexity index is 629. The molecule has 0 aliphatic rings. The van der Waals surface area contributed by atoms with E-state index in [0.717, 1.165) is 10.2 Å². The normalized spacial score (nSPS) is 9.95. The monoisotopic (exact) mass is 334 g/mol. The summed E-state index contributed by atoms with van der Waals surface area (Å²) >= 11 is 3.38. The minimum atomic E-state index is -0.182. The summed E-state index contributed by atoms with van der Waals surface area (Å²) in [5, 5.41) is 5.85. The van der Waals surface area contributed by atoms with Gasteiger partial charge >= 0.3 is 0 Å². The van der Waals surface area contributed by atoms with Crippen LogP contribution < -0.4 is 15.4 Å². The predicted molar refractivity (Wildman–Crippen MR) is 84.6 cm³/mol. The largest absolute Gasteiger partial charge is 0.495 e. The van der Waals surface area contributed by atoms with E-state index in [-0.39, 0.29) is 5.91 Å². The summed E-state index contributed by atoms with van der Waals surface area (Å²) in [6.07, 6.45) is 0. The molecule has 2 aromatic carbocycles. The van der Waals surface area contributed by atoms with E-state index in [1.807, 2.05) is 25.2 Å². The lowest BCUT2D eigenvalue weighted by Gasteiger charge is -2.11. The van der Waals surface area contributed by atoms with Crippen LogP contribution >= 0.6 is 15.9 Å². The highest BCUT2D eigenvalue weighted by Gasteiger charge is 2.10. The molecule has 0 unspecified atom stereocenters. The zero-order valence-electron chi connectivity index (χ0n) is 11.2. The van der Waals surface area contributed by atoms with E-state index in [9.17, 15) is 4.79 Å². The maximum atomic E-state index is 12.3. The first kappa shape index (κ1) is 14.4.